The molecule has 2 amide bonds. The van der Waals surface area contributed by atoms with Gasteiger partial charge in [-0.05, 0) is 19.8 Å². The zero-order valence-electron chi connectivity index (χ0n) is 12.6. The Morgan fingerprint density at radius 3 is 2.86 bits per heavy atom. The van der Waals surface area contributed by atoms with E-state index >= 15 is 0 Å². The number of hydrogen-bond donors (Lipinski definition) is 3. The van der Waals surface area contributed by atoms with E-state index in [4.69, 9.17) is 5.11 Å². The first-order chi connectivity index (χ1) is 10.7. The third kappa shape index (κ3) is 5.13. The van der Waals surface area contributed by atoms with Gasteiger partial charge >= 0.3 is 6.03 Å². The summed E-state index contributed by atoms with van der Waals surface area (Å²) in [5, 5.41) is 17.3. The zero-order valence-corrected chi connectivity index (χ0v) is 13.4. The monoisotopic (exact) mass is 319 g/mol. The molecule has 2 aromatic rings. The Hall–Kier alpha value is -1.92. The van der Waals surface area contributed by atoms with Crippen molar-refractivity contribution in [1.29, 1.82) is 0 Å². The number of aliphatic hydroxyl groups is 1. The molecule has 1 heterocycles. The van der Waals surface area contributed by atoms with Crippen LogP contribution in [0, 0.1) is 0 Å². The Balaban J connectivity index is 1.80. The lowest BCUT2D eigenvalue weighted by Crippen LogP contribution is -2.40. The van der Waals surface area contributed by atoms with Crippen LogP contribution >= 0.6 is 11.3 Å². The van der Waals surface area contributed by atoms with Gasteiger partial charge in [-0.1, -0.05) is 30.3 Å². The molecule has 5 nitrogen and oxygen atoms in total. The molecule has 118 valence electrons. The molecule has 0 aliphatic rings. The van der Waals surface area contributed by atoms with Crippen molar-refractivity contribution in [2.75, 3.05) is 6.61 Å². The molecule has 1 aromatic carbocycles. The van der Waals surface area contributed by atoms with E-state index in [2.05, 4.69) is 15.6 Å². The summed E-state index contributed by atoms with van der Waals surface area (Å²) in [6.45, 7) is 2.47. The van der Waals surface area contributed by atoms with Crippen LogP contribution in [0.4, 0.5) is 4.79 Å². The standard InChI is InChI=1S/C16H21N3O2S/c1-12(6-5-9-20)18-16(21)17-10-14-11-22-15(19-14)13-7-3-2-4-8-13/h2-4,7-8,11-12,20H,5-6,9-10H2,1H3,(H2,17,18,21). The van der Waals surface area contributed by atoms with Crippen LogP contribution in [-0.4, -0.2) is 28.8 Å². The lowest BCUT2D eigenvalue weighted by molar-refractivity contribution is 0.234. The van der Waals surface area contributed by atoms with E-state index in [0.717, 1.165) is 22.7 Å². The third-order valence-corrected chi connectivity index (χ3v) is 4.12. The van der Waals surface area contributed by atoms with Gasteiger partial charge in [0.2, 0.25) is 0 Å². The molecule has 22 heavy (non-hydrogen) atoms. The van der Waals surface area contributed by atoms with E-state index < -0.39 is 0 Å². The maximum Gasteiger partial charge on any atom is 0.315 e. The fourth-order valence-electron chi connectivity index (χ4n) is 2.02. The summed E-state index contributed by atoms with van der Waals surface area (Å²) in [6, 6.07) is 9.81. The molecule has 1 atom stereocenters. The molecular formula is C16H21N3O2S. The lowest BCUT2D eigenvalue weighted by atomic mass is 10.2. The molecule has 0 aliphatic heterocycles. The van der Waals surface area contributed by atoms with Crippen LogP contribution < -0.4 is 10.6 Å². The number of amides is 2. The summed E-state index contributed by atoms with van der Waals surface area (Å²) >= 11 is 1.57. The van der Waals surface area contributed by atoms with Gasteiger partial charge in [0.25, 0.3) is 0 Å². The van der Waals surface area contributed by atoms with Crippen LogP contribution in [-0.2, 0) is 6.54 Å². The Kier molecular flexibility index (Phi) is 6.36. The fraction of sp³-hybridized carbons (Fsp3) is 0.375. The average molecular weight is 319 g/mol. The summed E-state index contributed by atoms with van der Waals surface area (Å²) < 4.78 is 0. The second-order valence-electron chi connectivity index (χ2n) is 5.10. The van der Waals surface area contributed by atoms with Crippen LogP contribution in [0.1, 0.15) is 25.5 Å². The number of urea groups is 1. The molecule has 0 radical (unpaired) electrons. The number of nitrogens with zero attached hydrogens (tertiary/aromatic N) is 1. The molecule has 6 heteroatoms. The quantitative estimate of drug-likeness (QED) is 0.734. The number of carbonyl (C=O) groups excluding carboxylic acids is 1. The summed E-state index contributed by atoms with van der Waals surface area (Å²) in [5.41, 5.74) is 1.93. The Bertz CT molecular complexity index is 586. The molecule has 1 aromatic heterocycles. The lowest BCUT2D eigenvalue weighted by Gasteiger charge is -2.13. The van der Waals surface area contributed by atoms with Gasteiger partial charge in [-0.25, -0.2) is 9.78 Å². The predicted molar refractivity (Wildman–Crippen MR) is 88.7 cm³/mol. The van der Waals surface area contributed by atoms with Crippen molar-refractivity contribution in [3.63, 3.8) is 0 Å². The smallest absolute Gasteiger partial charge is 0.315 e. The second kappa shape index (κ2) is 8.51. The zero-order chi connectivity index (χ0) is 15.8. The predicted octanol–water partition coefficient (Wildman–Crippen LogP) is 2.77. The first-order valence-corrected chi connectivity index (χ1v) is 8.22. The van der Waals surface area contributed by atoms with Gasteiger partial charge in [-0.3, -0.25) is 0 Å². The molecule has 3 N–H and O–H groups in total. The minimum atomic E-state index is -0.209. The Labute approximate surface area is 134 Å². The molecule has 0 aliphatic carbocycles. The molecule has 2 rings (SSSR count). The number of aromatic nitrogens is 1. The number of benzene rings is 1. The van der Waals surface area contributed by atoms with Crippen molar-refractivity contribution in [2.24, 2.45) is 0 Å². The van der Waals surface area contributed by atoms with E-state index in [9.17, 15) is 4.79 Å². The summed E-state index contributed by atoms with van der Waals surface area (Å²) in [7, 11) is 0. The van der Waals surface area contributed by atoms with Gasteiger partial charge < -0.3 is 15.7 Å². The van der Waals surface area contributed by atoms with E-state index in [1.165, 1.54) is 0 Å². The van der Waals surface area contributed by atoms with Crippen molar-refractivity contribution >= 4 is 17.4 Å². The van der Waals surface area contributed by atoms with E-state index in [0.29, 0.717) is 13.0 Å². The average Bonchev–Trinajstić information content (AvgIpc) is 3.01. The summed E-state index contributed by atoms with van der Waals surface area (Å²) in [5.74, 6) is 0. The minimum absolute atomic E-state index is 0.0439. The fourth-order valence-corrected chi connectivity index (χ4v) is 2.84. The van der Waals surface area contributed by atoms with Gasteiger partial charge in [0.05, 0.1) is 12.2 Å². The van der Waals surface area contributed by atoms with Crippen LogP contribution in [0.2, 0.25) is 0 Å². The van der Waals surface area contributed by atoms with E-state index in [1.54, 1.807) is 11.3 Å². The molecule has 0 spiro atoms. The van der Waals surface area contributed by atoms with Gasteiger partial charge in [-0.2, -0.15) is 0 Å². The SMILES string of the molecule is CC(CCCO)NC(=O)NCc1csc(-c2ccccc2)n1. The number of hydrogen-bond acceptors (Lipinski definition) is 4. The van der Waals surface area contributed by atoms with Gasteiger partial charge in [-0.15, -0.1) is 11.3 Å². The van der Waals surface area contributed by atoms with Gasteiger partial charge in [0.1, 0.15) is 5.01 Å². The molecule has 1 unspecified atom stereocenters. The van der Waals surface area contributed by atoms with Crippen molar-refractivity contribution in [2.45, 2.75) is 32.4 Å². The van der Waals surface area contributed by atoms with Crippen molar-refractivity contribution in [3.8, 4) is 10.6 Å². The number of thiazole rings is 1. The second-order valence-corrected chi connectivity index (χ2v) is 5.96. The number of aliphatic hydroxyl groups excluding tert-OH is 1. The van der Waals surface area contributed by atoms with E-state index in [1.807, 2.05) is 42.6 Å². The first-order valence-electron chi connectivity index (χ1n) is 7.34. The van der Waals surface area contributed by atoms with Crippen molar-refractivity contribution in [3.05, 3.63) is 41.4 Å². The third-order valence-electron chi connectivity index (χ3n) is 3.18. The number of carbonyl (C=O) groups is 1. The topological polar surface area (TPSA) is 74.2 Å². The number of nitrogens with one attached hydrogen (secondary N) is 2. The molecule has 0 saturated heterocycles. The highest BCUT2D eigenvalue weighted by molar-refractivity contribution is 7.13. The highest BCUT2D eigenvalue weighted by atomic mass is 32.1. The maximum absolute atomic E-state index is 11.8. The summed E-state index contributed by atoms with van der Waals surface area (Å²) in [6.07, 6.45) is 1.45. The number of rotatable bonds is 7. The normalized spacial score (nSPS) is 11.9. The Morgan fingerprint density at radius 2 is 2.14 bits per heavy atom. The molecule has 0 fully saturated rings. The van der Waals surface area contributed by atoms with E-state index in [-0.39, 0.29) is 18.7 Å². The summed E-state index contributed by atoms with van der Waals surface area (Å²) in [4.78, 5) is 16.3. The molecular weight excluding hydrogens is 298 g/mol. The Morgan fingerprint density at radius 1 is 1.36 bits per heavy atom. The molecule has 0 bridgehead atoms. The van der Waals surface area contributed by atoms with Crippen LogP contribution in [0.3, 0.4) is 0 Å². The minimum Gasteiger partial charge on any atom is -0.396 e. The van der Waals surface area contributed by atoms with Crippen molar-refractivity contribution in [1.82, 2.24) is 15.6 Å². The first kappa shape index (κ1) is 16.5. The highest BCUT2D eigenvalue weighted by Crippen LogP contribution is 2.23. The van der Waals surface area contributed by atoms with Gasteiger partial charge in [0.15, 0.2) is 0 Å². The maximum atomic E-state index is 11.8. The molecule has 0 saturated carbocycles. The largest absolute Gasteiger partial charge is 0.396 e. The van der Waals surface area contributed by atoms with Crippen LogP contribution in [0.5, 0.6) is 0 Å². The van der Waals surface area contributed by atoms with Gasteiger partial charge in [0, 0.05) is 23.6 Å². The van der Waals surface area contributed by atoms with Crippen molar-refractivity contribution < 1.29 is 9.90 Å². The van der Waals surface area contributed by atoms with Crippen LogP contribution in [0.15, 0.2) is 35.7 Å². The van der Waals surface area contributed by atoms with Crippen LogP contribution in [0.25, 0.3) is 10.6 Å². The highest BCUT2D eigenvalue weighted by Gasteiger charge is 2.08.